The van der Waals surface area contributed by atoms with Crippen LogP contribution in [0.1, 0.15) is 5.82 Å². The van der Waals surface area contributed by atoms with E-state index < -0.39 is 0 Å². The number of aromatic amines is 1. The number of nitrogens with one attached hydrogen (secondary N) is 1. The lowest BCUT2D eigenvalue weighted by Gasteiger charge is -2.35. The first-order valence-corrected chi connectivity index (χ1v) is 9.30. The van der Waals surface area contributed by atoms with Crippen LogP contribution in [-0.2, 0) is 6.54 Å². The third-order valence-electron chi connectivity index (χ3n) is 4.88. The fourth-order valence-corrected chi connectivity index (χ4v) is 3.59. The third kappa shape index (κ3) is 3.91. The van der Waals surface area contributed by atoms with Crippen LogP contribution in [0.25, 0.3) is 10.9 Å². The summed E-state index contributed by atoms with van der Waals surface area (Å²) in [6, 6.07) is 13.3. The Kier molecular flexibility index (Phi) is 5.01. The van der Waals surface area contributed by atoms with Crippen LogP contribution in [0, 0.1) is 0 Å². The summed E-state index contributed by atoms with van der Waals surface area (Å²) in [5.74, 6) is 1.55. The lowest BCUT2D eigenvalue weighted by Crippen LogP contribution is -2.46. The Bertz CT molecular complexity index is 1010. The molecule has 1 N–H and O–H groups in total. The molecule has 0 unspecified atom stereocenters. The molecular weight excluding hydrogens is 364 g/mol. The number of methoxy groups -OCH3 is 1. The zero-order valence-corrected chi connectivity index (χ0v) is 15.9. The summed E-state index contributed by atoms with van der Waals surface area (Å²) in [6.07, 6.45) is 0. The number of ether oxygens (including phenoxy) is 1. The summed E-state index contributed by atoms with van der Waals surface area (Å²) in [5.41, 5.74) is 1.70. The van der Waals surface area contributed by atoms with Gasteiger partial charge in [-0.25, -0.2) is 4.98 Å². The van der Waals surface area contributed by atoms with Crippen molar-refractivity contribution in [2.45, 2.75) is 6.54 Å². The molecule has 4 rings (SSSR count). The molecule has 0 spiro atoms. The molecule has 1 aliphatic heterocycles. The summed E-state index contributed by atoms with van der Waals surface area (Å²) in [6.45, 7) is 4.26. The minimum atomic E-state index is -0.146. The highest BCUT2D eigenvalue weighted by atomic mass is 35.5. The van der Waals surface area contributed by atoms with Gasteiger partial charge in [0.1, 0.15) is 11.6 Å². The van der Waals surface area contributed by atoms with Crippen molar-refractivity contribution >= 4 is 28.2 Å². The number of piperazine rings is 1. The van der Waals surface area contributed by atoms with Gasteiger partial charge in [0.15, 0.2) is 0 Å². The molecule has 7 heteroatoms. The molecule has 0 radical (unpaired) electrons. The van der Waals surface area contributed by atoms with Gasteiger partial charge in [-0.05, 0) is 30.3 Å². The molecule has 1 aromatic heterocycles. The monoisotopic (exact) mass is 384 g/mol. The van der Waals surface area contributed by atoms with Crippen LogP contribution in [-0.4, -0.2) is 48.2 Å². The fourth-order valence-electron chi connectivity index (χ4n) is 3.42. The second kappa shape index (κ2) is 7.58. The minimum Gasteiger partial charge on any atom is -0.497 e. The van der Waals surface area contributed by atoms with Gasteiger partial charge in [0.2, 0.25) is 0 Å². The molecule has 2 aromatic carbocycles. The standard InChI is InChI=1S/C20H21ClN4O2/c1-27-16-4-2-3-15(12-16)25-9-7-24(8-10-25)13-19-22-18-6-5-14(21)11-17(18)20(26)23-19/h2-6,11-12H,7-10,13H2,1H3,(H,22,23,26). The second-order valence-corrected chi connectivity index (χ2v) is 7.08. The van der Waals surface area contributed by atoms with Gasteiger partial charge in [0, 0.05) is 43.0 Å². The highest BCUT2D eigenvalue weighted by molar-refractivity contribution is 6.31. The quantitative estimate of drug-likeness (QED) is 0.749. The Labute approximate surface area is 162 Å². The Hall–Kier alpha value is -2.57. The number of fused-ring (bicyclic) bond motifs is 1. The molecule has 2 heterocycles. The molecule has 0 saturated carbocycles. The van der Waals surface area contributed by atoms with Crippen LogP contribution >= 0.6 is 11.6 Å². The largest absolute Gasteiger partial charge is 0.497 e. The molecule has 140 valence electrons. The summed E-state index contributed by atoms with van der Waals surface area (Å²) in [5, 5.41) is 1.06. The SMILES string of the molecule is COc1cccc(N2CCN(Cc3nc4ccc(Cl)cc4c(=O)[nH]3)CC2)c1. The van der Waals surface area contributed by atoms with Crippen molar-refractivity contribution in [1.29, 1.82) is 0 Å². The van der Waals surface area contributed by atoms with Gasteiger partial charge in [0.05, 0.1) is 24.6 Å². The molecule has 0 atom stereocenters. The van der Waals surface area contributed by atoms with Gasteiger partial charge in [-0.3, -0.25) is 9.69 Å². The van der Waals surface area contributed by atoms with E-state index in [4.69, 9.17) is 16.3 Å². The zero-order chi connectivity index (χ0) is 18.8. The van der Waals surface area contributed by atoms with E-state index in [0.29, 0.717) is 28.3 Å². The van der Waals surface area contributed by atoms with Gasteiger partial charge in [-0.2, -0.15) is 0 Å². The van der Waals surface area contributed by atoms with Crippen molar-refractivity contribution < 1.29 is 4.74 Å². The lowest BCUT2D eigenvalue weighted by atomic mass is 10.2. The molecule has 0 aliphatic carbocycles. The molecule has 6 nitrogen and oxygen atoms in total. The van der Waals surface area contributed by atoms with Crippen LogP contribution < -0.4 is 15.2 Å². The van der Waals surface area contributed by atoms with Gasteiger partial charge < -0.3 is 14.6 Å². The Balaban J connectivity index is 1.44. The maximum atomic E-state index is 12.3. The summed E-state index contributed by atoms with van der Waals surface area (Å²) in [7, 11) is 1.68. The van der Waals surface area contributed by atoms with Gasteiger partial charge in [-0.1, -0.05) is 17.7 Å². The third-order valence-corrected chi connectivity index (χ3v) is 5.12. The number of benzene rings is 2. The normalized spacial score (nSPS) is 15.3. The van der Waals surface area contributed by atoms with Crippen LogP contribution in [0.5, 0.6) is 5.75 Å². The molecule has 3 aromatic rings. The van der Waals surface area contributed by atoms with E-state index in [-0.39, 0.29) is 5.56 Å². The highest BCUT2D eigenvalue weighted by Crippen LogP contribution is 2.22. The van der Waals surface area contributed by atoms with Crippen LogP contribution in [0.4, 0.5) is 5.69 Å². The number of H-pyrrole nitrogens is 1. The number of halogens is 1. The molecule has 1 aliphatic rings. The van der Waals surface area contributed by atoms with Crippen molar-refractivity contribution in [2.24, 2.45) is 0 Å². The minimum absolute atomic E-state index is 0.146. The average Bonchev–Trinajstić information content (AvgIpc) is 2.69. The molecule has 1 fully saturated rings. The molecule has 0 bridgehead atoms. The van der Waals surface area contributed by atoms with Crippen molar-refractivity contribution in [3.8, 4) is 5.75 Å². The molecule has 1 saturated heterocycles. The maximum absolute atomic E-state index is 12.3. The van der Waals surface area contributed by atoms with E-state index >= 15 is 0 Å². The van der Waals surface area contributed by atoms with E-state index in [1.807, 2.05) is 12.1 Å². The lowest BCUT2D eigenvalue weighted by molar-refractivity contribution is 0.244. The topological polar surface area (TPSA) is 61.5 Å². The second-order valence-electron chi connectivity index (χ2n) is 6.64. The zero-order valence-electron chi connectivity index (χ0n) is 15.1. The first-order valence-electron chi connectivity index (χ1n) is 8.92. The van der Waals surface area contributed by atoms with E-state index in [1.165, 1.54) is 5.69 Å². The van der Waals surface area contributed by atoms with E-state index in [9.17, 15) is 4.79 Å². The smallest absolute Gasteiger partial charge is 0.258 e. The van der Waals surface area contributed by atoms with Crippen molar-refractivity contribution in [3.63, 3.8) is 0 Å². The maximum Gasteiger partial charge on any atom is 0.258 e. The summed E-state index contributed by atoms with van der Waals surface area (Å²) < 4.78 is 5.31. The Morgan fingerprint density at radius 2 is 1.96 bits per heavy atom. The van der Waals surface area contributed by atoms with Crippen molar-refractivity contribution in [2.75, 3.05) is 38.2 Å². The number of rotatable bonds is 4. The van der Waals surface area contributed by atoms with Gasteiger partial charge in [-0.15, -0.1) is 0 Å². The van der Waals surface area contributed by atoms with Crippen LogP contribution in [0.2, 0.25) is 5.02 Å². The first-order chi connectivity index (χ1) is 13.1. The molecule has 0 amide bonds. The number of nitrogens with zero attached hydrogens (tertiary/aromatic N) is 3. The molecular formula is C20H21ClN4O2. The van der Waals surface area contributed by atoms with E-state index in [1.54, 1.807) is 25.3 Å². The van der Waals surface area contributed by atoms with Crippen molar-refractivity contribution in [3.05, 3.63) is 63.7 Å². The fraction of sp³-hybridized carbons (Fsp3) is 0.300. The summed E-state index contributed by atoms with van der Waals surface area (Å²) in [4.78, 5) is 24.4. The number of hydrogen-bond donors (Lipinski definition) is 1. The van der Waals surface area contributed by atoms with Crippen LogP contribution in [0.3, 0.4) is 0 Å². The average molecular weight is 385 g/mol. The van der Waals surface area contributed by atoms with Crippen molar-refractivity contribution in [1.82, 2.24) is 14.9 Å². The predicted octanol–water partition coefficient (Wildman–Crippen LogP) is 2.91. The number of anilines is 1. The summed E-state index contributed by atoms with van der Waals surface area (Å²) >= 11 is 5.97. The van der Waals surface area contributed by atoms with Gasteiger partial charge >= 0.3 is 0 Å². The van der Waals surface area contributed by atoms with E-state index in [0.717, 1.165) is 31.9 Å². The Morgan fingerprint density at radius 3 is 2.74 bits per heavy atom. The van der Waals surface area contributed by atoms with Crippen LogP contribution in [0.15, 0.2) is 47.3 Å². The molecule has 27 heavy (non-hydrogen) atoms. The first kappa shape index (κ1) is 17.8. The number of hydrogen-bond acceptors (Lipinski definition) is 5. The number of aromatic nitrogens is 2. The Morgan fingerprint density at radius 1 is 1.15 bits per heavy atom. The van der Waals surface area contributed by atoms with E-state index in [2.05, 4.69) is 31.9 Å². The van der Waals surface area contributed by atoms with Gasteiger partial charge in [0.25, 0.3) is 5.56 Å². The highest BCUT2D eigenvalue weighted by Gasteiger charge is 2.18. The predicted molar refractivity (Wildman–Crippen MR) is 108 cm³/mol.